The molecule has 86 valence electrons. The average Bonchev–Trinajstić information content (AvgIpc) is 2.21. The lowest BCUT2D eigenvalue weighted by Crippen LogP contribution is -2.49. The van der Waals surface area contributed by atoms with Gasteiger partial charge in [-0.1, -0.05) is 6.92 Å². The molecule has 2 N–H and O–H groups in total. The standard InChI is InChI=1S/C10H16O5/c1-2-7(11)5-10(9(13)14)6-15-4-3-8(10)12/h7,11H,2-6H2,1H3,(H,13,14). The number of ether oxygens (including phenoxy) is 1. The van der Waals surface area contributed by atoms with Crippen molar-refractivity contribution in [1.29, 1.82) is 0 Å². The summed E-state index contributed by atoms with van der Waals surface area (Å²) in [5, 5.41) is 18.6. The topological polar surface area (TPSA) is 83.8 Å². The number of rotatable bonds is 4. The molecule has 1 fully saturated rings. The normalized spacial score (nSPS) is 28.8. The van der Waals surface area contributed by atoms with Gasteiger partial charge >= 0.3 is 5.97 Å². The van der Waals surface area contributed by atoms with E-state index in [9.17, 15) is 14.7 Å². The number of hydrogen-bond donors (Lipinski definition) is 2. The van der Waals surface area contributed by atoms with Crippen LogP contribution in [-0.4, -0.2) is 41.3 Å². The predicted molar refractivity (Wildman–Crippen MR) is 51.4 cm³/mol. The maximum atomic E-state index is 11.6. The molecule has 1 heterocycles. The van der Waals surface area contributed by atoms with Gasteiger partial charge < -0.3 is 14.9 Å². The van der Waals surface area contributed by atoms with Crippen LogP contribution in [0.15, 0.2) is 0 Å². The van der Waals surface area contributed by atoms with Crippen LogP contribution < -0.4 is 0 Å². The number of aliphatic hydroxyl groups is 1. The molecule has 2 atom stereocenters. The van der Waals surface area contributed by atoms with E-state index >= 15 is 0 Å². The van der Waals surface area contributed by atoms with Crippen molar-refractivity contribution in [2.24, 2.45) is 5.41 Å². The van der Waals surface area contributed by atoms with Gasteiger partial charge in [0.05, 0.1) is 19.3 Å². The molecule has 0 radical (unpaired) electrons. The molecule has 1 saturated heterocycles. The van der Waals surface area contributed by atoms with Crippen LogP contribution in [0.2, 0.25) is 0 Å². The minimum atomic E-state index is -1.53. The molecule has 0 aliphatic carbocycles. The molecule has 0 aromatic carbocycles. The Kier molecular flexibility index (Phi) is 3.82. The summed E-state index contributed by atoms with van der Waals surface area (Å²) in [6.45, 7) is 1.89. The van der Waals surface area contributed by atoms with Gasteiger partial charge in [-0.15, -0.1) is 0 Å². The van der Waals surface area contributed by atoms with E-state index in [1.54, 1.807) is 6.92 Å². The number of aliphatic carboxylic acids is 1. The van der Waals surface area contributed by atoms with E-state index in [-0.39, 0.29) is 31.8 Å². The van der Waals surface area contributed by atoms with Gasteiger partial charge in [0, 0.05) is 6.42 Å². The van der Waals surface area contributed by atoms with Gasteiger partial charge in [-0.2, -0.15) is 0 Å². The van der Waals surface area contributed by atoms with E-state index in [1.165, 1.54) is 0 Å². The lowest BCUT2D eigenvalue weighted by atomic mass is 9.76. The Morgan fingerprint density at radius 3 is 2.80 bits per heavy atom. The Morgan fingerprint density at radius 1 is 1.67 bits per heavy atom. The molecule has 0 amide bonds. The summed E-state index contributed by atoms with van der Waals surface area (Å²) in [4.78, 5) is 22.8. The van der Waals surface area contributed by atoms with Crippen molar-refractivity contribution in [2.45, 2.75) is 32.3 Å². The fourth-order valence-corrected chi connectivity index (χ4v) is 1.72. The lowest BCUT2D eigenvalue weighted by Gasteiger charge is -2.32. The molecule has 1 aliphatic rings. The van der Waals surface area contributed by atoms with Crippen LogP contribution in [0.3, 0.4) is 0 Å². The quantitative estimate of drug-likeness (QED) is 0.656. The fraction of sp³-hybridized carbons (Fsp3) is 0.800. The Morgan fingerprint density at radius 2 is 2.33 bits per heavy atom. The molecule has 2 unspecified atom stereocenters. The highest BCUT2D eigenvalue weighted by Gasteiger charge is 2.48. The maximum absolute atomic E-state index is 11.6. The van der Waals surface area contributed by atoms with Gasteiger partial charge in [0.1, 0.15) is 0 Å². The minimum Gasteiger partial charge on any atom is -0.480 e. The first-order valence-corrected chi connectivity index (χ1v) is 5.05. The van der Waals surface area contributed by atoms with Crippen LogP contribution in [0.4, 0.5) is 0 Å². The Balaban J connectivity index is 2.86. The van der Waals surface area contributed by atoms with Crippen molar-refractivity contribution >= 4 is 11.8 Å². The molecule has 0 saturated carbocycles. The summed E-state index contributed by atoms with van der Waals surface area (Å²) in [5.41, 5.74) is -1.53. The first-order valence-electron chi connectivity index (χ1n) is 5.05. The number of carboxylic acids is 1. The van der Waals surface area contributed by atoms with E-state index in [2.05, 4.69) is 0 Å². The zero-order chi connectivity index (χ0) is 11.5. The molecular formula is C10H16O5. The summed E-state index contributed by atoms with van der Waals surface area (Å²) < 4.78 is 5.05. The predicted octanol–water partition coefficient (Wildman–Crippen LogP) is 0.208. The molecule has 0 aromatic rings. The summed E-state index contributed by atoms with van der Waals surface area (Å²) in [6.07, 6.45) is -0.283. The van der Waals surface area contributed by atoms with Crippen LogP contribution in [0.1, 0.15) is 26.2 Å². The summed E-state index contributed by atoms with van der Waals surface area (Å²) >= 11 is 0. The van der Waals surface area contributed by atoms with Crippen molar-refractivity contribution in [3.05, 3.63) is 0 Å². The fourth-order valence-electron chi connectivity index (χ4n) is 1.72. The molecule has 0 aromatic heterocycles. The number of Topliss-reactive ketones (excluding diaryl/α,β-unsaturated/α-hetero) is 1. The van der Waals surface area contributed by atoms with E-state index in [4.69, 9.17) is 9.84 Å². The van der Waals surface area contributed by atoms with E-state index in [0.717, 1.165) is 0 Å². The maximum Gasteiger partial charge on any atom is 0.319 e. The third-order valence-corrected chi connectivity index (χ3v) is 2.82. The molecule has 1 aliphatic heterocycles. The van der Waals surface area contributed by atoms with Crippen LogP contribution in [0.5, 0.6) is 0 Å². The number of hydrogen-bond acceptors (Lipinski definition) is 4. The second-order valence-corrected chi connectivity index (χ2v) is 3.88. The third-order valence-electron chi connectivity index (χ3n) is 2.82. The van der Waals surface area contributed by atoms with Crippen molar-refractivity contribution in [3.8, 4) is 0 Å². The van der Waals surface area contributed by atoms with Crippen molar-refractivity contribution in [2.75, 3.05) is 13.2 Å². The second kappa shape index (κ2) is 4.72. The highest BCUT2D eigenvalue weighted by molar-refractivity contribution is 6.03. The first-order chi connectivity index (χ1) is 7.03. The number of carbonyl (C=O) groups is 2. The van der Waals surface area contributed by atoms with Crippen LogP contribution in [0, 0.1) is 5.41 Å². The lowest BCUT2D eigenvalue weighted by molar-refractivity contribution is -0.167. The molecule has 0 bridgehead atoms. The second-order valence-electron chi connectivity index (χ2n) is 3.88. The van der Waals surface area contributed by atoms with Crippen LogP contribution in [-0.2, 0) is 14.3 Å². The van der Waals surface area contributed by atoms with Crippen molar-refractivity contribution in [3.63, 3.8) is 0 Å². The highest BCUT2D eigenvalue weighted by atomic mass is 16.5. The van der Waals surface area contributed by atoms with Gasteiger partial charge in [-0.25, -0.2) is 0 Å². The zero-order valence-corrected chi connectivity index (χ0v) is 8.73. The Bertz CT molecular complexity index is 263. The first kappa shape index (κ1) is 12.1. The molecule has 5 nitrogen and oxygen atoms in total. The molecular weight excluding hydrogens is 200 g/mol. The van der Waals surface area contributed by atoms with E-state index in [0.29, 0.717) is 6.42 Å². The summed E-state index contributed by atoms with van der Waals surface area (Å²) in [7, 11) is 0. The zero-order valence-electron chi connectivity index (χ0n) is 8.73. The van der Waals surface area contributed by atoms with Crippen molar-refractivity contribution in [1.82, 2.24) is 0 Å². The largest absolute Gasteiger partial charge is 0.480 e. The molecule has 15 heavy (non-hydrogen) atoms. The van der Waals surface area contributed by atoms with Gasteiger partial charge in [0.2, 0.25) is 0 Å². The smallest absolute Gasteiger partial charge is 0.319 e. The molecule has 1 rings (SSSR count). The summed E-state index contributed by atoms with van der Waals surface area (Å²) in [5.74, 6) is -1.53. The van der Waals surface area contributed by atoms with Gasteiger partial charge in [-0.05, 0) is 12.8 Å². The average molecular weight is 216 g/mol. The van der Waals surface area contributed by atoms with Gasteiger partial charge in [0.25, 0.3) is 0 Å². The number of ketones is 1. The van der Waals surface area contributed by atoms with Gasteiger partial charge in [0.15, 0.2) is 11.2 Å². The van der Waals surface area contributed by atoms with Gasteiger partial charge in [-0.3, -0.25) is 9.59 Å². The summed E-state index contributed by atoms with van der Waals surface area (Å²) in [6, 6.07) is 0. The Hall–Kier alpha value is -0.940. The number of aliphatic hydroxyl groups excluding tert-OH is 1. The SMILES string of the molecule is CCC(O)CC1(C(=O)O)COCCC1=O. The monoisotopic (exact) mass is 216 g/mol. The van der Waals surface area contributed by atoms with Crippen molar-refractivity contribution < 1.29 is 24.5 Å². The molecule has 0 spiro atoms. The number of carboxylic acid groups (broad SMARTS) is 1. The third kappa shape index (κ3) is 2.35. The van der Waals surface area contributed by atoms with E-state index in [1.807, 2.05) is 0 Å². The van der Waals surface area contributed by atoms with Crippen LogP contribution >= 0.6 is 0 Å². The Labute approximate surface area is 88.0 Å². The highest BCUT2D eigenvalue weighted by Crippen LogP contribution is 2.31. The number of carbonyl (C=O) groups excluding carboxylic acids is 1. The minimum absolute atomic E-state index is 0.0579. The molecule has 5 heteroatoms. The van der Waals surface area contributed by atoms with Crippen LogP contribution in [0.25, 0.3) is 0 Å². The van der Waals surface area contributed by atoms with E-state index < -0.39 is 17.5 Å².